The molecule has 0 aliphatic carbocycles. The Hall–Kier alpha value is -1.05. The third-order valence-corrected chi connectivity index (χ3v) is 0.848. The van der Waals surface area contributed by atoms with Crippen molar-refractivity contribution in [2.45, 2.75) is 6.92 Å². The van der Waals surface area contributed by atoms with Crippen molar-refractivity contribution in [3.05, 3.63) is 24.2 Å². The Labute approximate surface area is 48.6 Å². The largest absolute Gasteiger partial charge is 0.364 e. The van der Waals surface area contributed by atoms with Crippen LogP contribution in [0.5, 0.6) is 0 Å². The van der Waals surface area contributed by atoms with E-state index in [1.54, 1.807) is 12.4 Å². The lowest BCUT2D eigenvalue weighted by molar-refractivity contribution is 1.05. The first-order chi connectivity index (χ1) is 3.89. The molecule has 2 nitrogen and oxygen atoms in total. The summed E-state index contributed by atoms with van der Waals surface area (Å²) in [7, 11) is 0. The van der Waals surface area contributed by atoms with Crippen LogP contribution in [0.1, 0.15) is 6.92 Å². The fourth-order valence-electron chi connectivity index (χ4n) is 0.464. The molecule has 1 aliphatic heterocycles. The predicted molar refractivity (Wildman–Crippen MR) is 34.5 cm³/mol. The minimum absolute atomic E-state index is 1.06. The Balaban J connectivity index is 2.69. The summed E-state index contributed by atoms with van der Waals surface area (Å²) in [6, 6.07) is 0. The highest BCUT2D eigenvalue weighted by molar-refractivity contribution is 5.71. The van der Waals surface area contributed by atoms with Crippen LogP contribution in [0.2, 0.25) is 0 Å². The fraction of sp³-hybridized carbons (Fsp3) is 0.167. The van der Waals surface area contributed by atoms with Gasteiger partial charge in [0.2, 0.25) is 0 Å². The zero-order valence-corrected chi connectivity index (χ0v) is 4.76. The lowest BCUT2D eigenvalue weighted by Gasteiger charge is -1.92. The van der Waals surface area contributed by atoms with Gasteiger partial charge in [-0.1, -0.05) is 0 Å². The molecule has 0 unspecified atom stereocenters. The van der Waals surface area contributed by atoms with E-state index in [4.69, 9.17) is 0 Å². The van der Waals surface area contributed by atoms with Gasteiger partial charge in [0.1, 0.15) is 0 Å². The SMILES string of the molecule is CC1=CN=CC=CN1. The number of nitrogens with zero attached hydrogens (tertiary/aromatic N) is 1. The lowest BCUT2D eigenvalue weighted by Crippen LogP contribution is -1.98. The van der Waals surface area contributed by atoms with Gasteiger partial charge < -0.3 is 5.32 Å². The number of allylic oxidation sites excluding steroid dienone is 2. The first-order valence-corrected chi connectivity index (χ1v) is 2.51. The van der Waals surface area contributed by atoms with Gasteiger partial charge >= 0.3 is 0 Å². The molecular weight excluding hydrogens is 100 g/mol. The van der Waals surface area contributed by atoms with Gasteiger partial charge in [-0.15, -0.1) is 0 Å². The number of aliphatic imine (C=N–C) groups is 1. The molecule has 1 N–H and O–H groups in total. The van der Waals surface area contributed by atoms with E-state index < -0.39 is 0 Å². The standard InChI is InChI=1S/C6H8N2/c1-6-5-7-3-2-4-8-6/h2-5,8H,1H3. The molecule has 0 saturated heterocycles. The fourth-order valence-corrected chi connectivity index (χ4v) is 0.464. The number of hydrogen-bond acceptors (Lipinski definition) is 2. The second kappa shape index (κ2) is 2.31. The summed E-state index contributed by atoms with van der Waals surface area (Å²) in [6.45, 7) is 1.97. The molecule has 1 rings (SSSR count). The molecule has 8 heavy (non-hydrogen) atoms. The Morgan fingerprint density at radius 3 is 3.38 bits per heavy atom. The summed E-state index contributed by atoms with van der Waals surface area (Å²) >= 11 is 0. The van der Waals surface area contributed by atoms with Gasteiger partial charge in [-0.05, 0) is 13.0 Å². The van der Waals surface area contributed by atoms with Gasteiger partial charge in [-0.3, -0.25) is 4.99 Å². The molecule has 0 amide bonds. The van der Waals surface area contributed by atoms with Crippen molar-refractivity contribution in [3.63, 3.8) is 0 Å². The highest BCUT2D eigenvalue weighted by atomic mass is 14.9. The van der Waals surface area contributed by atoms with Gasteiger partial charge in [0.15, 0.2) is 0 Å². The molecule has 0 atom stereocenters. The van der Waals surface area contributed by atoms with Crippen LogP contribution < -0.4 is 5.32 Å². The van der Waals surface area contributed by atoms with E-state index in [1.165, 1.54) is 0 Å². The van der Waals surface area contributed by atoms with E-state index >= 15 is 0 Å². The third-order valence-electron chi connectivity index (χ3n) is 0.848. The Morgan fingerprint density at radius 1 is 1.62 bits per heavy atom. The summed E-state index contributed by atoms with van der Waals surface area (Å²) in [4.78, 5) is 3.92. The molecule has 0 aromatic carbocycles. The molecule has 0 spiro atoms. The minimum Gasteiger partial charge on any atom is -0.364 e. The monoisotopic (exact) mass is 108 g/mol. The number of hydrogen-bond donors (Lipinski definition) is 1. The molecule has 42 valence electrons. The molecule has 1 heterocycles. The van der Waals surface area contributed by atoms with Crippen molar-refractivity contribution >= 4 is 6.21 Å². The van der Waals surface area contributed by atoms with E-state index in [-0.39, 0.29) is 0 Å². The van der Waals surface area contributed by atoms with Crippen molar-refractivity contribution in [2.75, 3.05) is 0 Å². The summed E-state index contributed by atoms with van der Waals surface area (Å²) in [5.41, 5.74) is 1.06. The van der Waals surface area contributed by atoms with Gasteiger partial charge in [0, 0.05) is 24.3 Å². The normalized spacial score (nSPS) is 16.9. The molecule has 0 bridgehead atoms. The number of nitrogens with one attached hydrogen (secondary N) is 1. The maximum absolute atomic E-state index is 3.92. The summed E-state index contributed by atoms with van der Waals surface area (Å²) in [6.07, 6.45) is 7.22. The quantitative estimate of drug-likeness (QED) is 0.492. The highest BCUT2D eigenvalue weighted by Gasteiger charge is 1.81. The lowest BCUT2D eigenvalue weighted by atomic mass is 10.5. The molecule has 0 saturated carbocycles. The zero-order valence-electron chi connectivity index (χ0n) is 4.76. The maximum Gasteiger partial charge on any atom is 0.0457 e. The topological polar surface area (TPSA) is 24.4 Å². The van der Waals surface area contributed by atoms with Crippen LogP contribution in [0.15, 0.2) is 29.2 Å². The first-order valence-electron chi connectivity index (χ1n) is 2.51. The van der Waals surface area contributed by atoms with Crippen LogP contribution in [0, 0.1) is 0 Å². The molecule has 2 heteroatoms. The van der Waals surface area contributed by atoms with E-state index in [9.17, 15) is 0 Å². The second-order valence-electron chi connectivity index (χ2n) is 1.61. The van der Waals surface area contributed by atoms with E-state index in [1.807, 2.05) is 19.2 Å². The average molecular weight is 108 g/mol. The van der Waals surface area contributed by atoms with Crippen molar-refractivity contribution < 1.29 is 0 Å². The Morgan fingerprint density at radius 2 is 2.50 bits per heavy atom. The van der Waals surface area contributed by atoms with Gasteiger partial charge in [-0.2, -0.15) is 0 Å². The molecular formula is C6H8N2. The maximum atomic E-state index is 3.92. The summed E-state index contributed by atoms with van der Waals surface area (Å²) < 4.78 is 0. The highest BCUT2D eigenvalue weighted by Crippen LogP contribution is 1.88. The molecule has 0 radical (unpaired) electrons. The van der Waals surface area contributed by atoms with Crippen LogP contribution in [-0.4, -0.2) is 6.21 Å². The predicted octanol–water partition coefficient (Wildman–Crippen LogP) is 1.04. The first kappa shape index (κ1) is 5.09. The van der Waals surface area contributed by atoms with Crippen LogP contribution in [0.25, 0.3) is 0 Å². The second-order valence-corrected chi connectivity index (χ2v) is 1.61. The average Bonchev–Trinajstić information content (AvgIpc) is 1.94. The third kappa shape index (κ3) is 1.22. The van der Waals surface area contributed by atoms with Crippen LogP contribution >= 0.6 is 0 Å². The Kier molecular flexibility index (Phi) is 1.47. The van der Waals surface area contributed by atoms with Crippen LogP contribution in [0.3, 0.4) is 0 Å². The smallest absolute Gasteiger partial charge is 0.0457 e. The summed E-state index contributed by atoms with van der Waals surface area (Å²) in [5, 5.41) is 3.00. The van der Waals surface area contributed by atoms with Crippen LogP contribution in [-0.2, 0) is 0 Å². The van der Waals surface area contributed by atoms with E-state index in [2.05, 4.69) is 10.3 Å². The van der Waals surface area contributed by atoms with Gasteiger partial charge in [0.05, 0.1) is 0 Å². The molecule has 0 aromatic rings. The Bertz CT molecular complexity index is 154. The zero-order chi connectivity index (χ0) is 5.82. The molecule has 1 aliphatic rings. The minimum atomic E-state index is 1.06. The van der Waals surface area contributed by atoms with Gasteiger partial charge in [0.25, 0.3) is 0 Å². The van der Waals surface area contributed by atoms with Crippen LogP contribution in [0.4, 0.5) is 0 Å². The summed E-state index contributed by atoms with van der Waals surface area (Å²) in [5.74, 6) is 0. The van der Waals surface area contributed by atoms with Crippen molar-refractivity contribution in [1.82, 2.24) is 5.32 Å². The van der Waals surface area contributed by atoms with E-state index in [0.29, 0.717) is 0 Å². The van der Waals surface area contributed by atoms with E-state index in [0.717, 1.165) is 5.70 Å². The van der Waals surface area contributed by atoms with Crippen molar-refractivity contribution in [2.24, 2.45) is 4.99 Å². The molecule has 0 aromatic heterocycles. The molecule has 0 fully saturated rings. The van der Waals surface area contributed by atoms with Crippen molar-refractivity contribution in [3.8, 4) is 0 Å². The van der Waals surface area contributed by atoms with Crippen molar-refractivity contribution in [1.29, 1.82) is 0 Å². The van der Waals surface area contributed by atoms with Gasteiger partial charge in [-0.25, -0.2) is 0 Å². The number of rotatable bonds is 0.